The molecule has 0 aromatic heterocycles. The minimum atomic E-state index is 0.144. The lowest BCUT2D eigenvalue weighted by molar-refractivity contribution is 0.0734. The molecule has 3 nitrogen and oxygen atoms in total. The Morgan fingerprint density at radius 2 is 1.81 bits per heavy atom. The van der Waals surface area contributed by atoms with Crippen LogP contribution >= 0.6 is 11.9 Å². The molecule has 2 heterocycles. The molecule has 1 spiro atoms. The van der Waals surface area contributed by atoms with Crippen molar-refractivity contribution < 1.29 is 4.79 Å². The summed E-state index contributed by atoms with van der Waals surface area (Å²) in [6.07, 6.45) is 6.58. The monoisotopic (exact) mass is 378 g/mol. The van der Waals surface area contributed by atoms with E-state index in [9.17, 15) is 4.79 Å². The van der Waals surface area contributed by atoms with Gasteiger partial charge < -0.3 is 4.90 Å². The van der Waals surface area contributed by atoms with Gasteiger partial charge in [-0.3, -0.25) is 4.79 Å². The predicted octanol–water partition coefficient (Wildman–Crippen LogP) is 4.77. The number of benzene rings is 2. The average Bonchev–Trinajstić information content (AvgIpc) is 3.12. The number of carbonyl (C=O) groups excluding carboxylic acids is 1. The fourth-order valence-corrected chi connectivity index (χ4v) is 5.88. The minimum Gasteiger partial charge on any atom is -0.334 e. The third-order valence-electron chi connectivity index (χ3n) is 6.55. The normalized spacial score (nSPS) is 21.1. The summed E-state index contributed by atoms with van der Waals surface area (Å²) in [5.41, 5.74) is 4.14. The topological polar surface area (TPSA) is 23.6 Å². The minimum absolute atomic E-state index is 0.144. The molecule has 2 aromatic rings. The quantitative estimate of drug-likeness (QED) is 0.719. The van der Waals surface area contributed by atoms with Gasteiger partial charge in [0.15, 0.2) is 0 Å². The van der Waals surface area contributed by atoms with Gasteiger partial charge in [-0.25, -0.2) is 4.31 Å². The van der Waals surface area contributed by atoms with Crippen LogP contribution in [-0.2, 0) is 13.0 Å². The van der Waals surface area contributed by atoms with Crippen molar-refractivity contribution in [2.45, 2.75) is 43.5 Å². The zero-order valence-electron chi connectivity index (χ0n) is 15.7. The van der Waals surface area contributed by atoms with Crippen molar-refractivity contribution in [2.24, 2.45) is 5.41 Å². The number of nitrogens with zero attached hydrogens (tertiary/aromatic N) is 2. The highest BCUT2D eigenvalue weighted by Gasteiger charge is 2.43. The van der Waals surface area contributed by atoms with Crippen LogP contribution in [0.4, 0.5) is 0 Å². The van der Waals surface area contributed by atoms with Crippen molar-refractivity contribution in [3.05, 3.63) is 65.2 Å². The molecule has 2 aliphatic heterocycles. The molecule has 1 aliphatic carbocycles. The van der Waals surface area contributed by atoms with Crippen LogP contribution in [0, 0.1) is 5.41 Å². The van der Waals surface area contributed by atoms with E-state index in [1.54, 1.807) is 0 Å². The molecule has 0 atom stereocenters. The fourth-order valence-electron chi connectivity index (χ4n) is 4.73. The van der Waals surface area contributed by atoms with Crippen LogP contribution < -0.4 is 0 Å². The van der Waals surface area contributed by atoms with Gasteiger partial charge >= 0.3 is 0 Å². The van der Waals surface area contributed by atoms with Crippen molar-refractivity contribution in [3.63, 3.8) is 0 Å². The van der Waals surface area contributed by atoms with Gasteiger partial charge in [0.2, 0.25) is 0 Å². The van der Waals surface area contributed by atoms with Crippen LogP contribution in [0.1, 0.15) is 47.2 Å². The molecule has 0 radical (unpaired) electrons. The van der Waals surface area contributed by atoms with E-state index in [1.807, 2.05) is 47.2 Å². The van der Waals surface area contributed by atoms with Crippen molar-refractivity contribution in [3.8, 4) is 0 Å². The molecule has 0 bridgehead atoms. The maximum atomic E-state index is 12.8. The van der Waals surface area contributed by atoms with Crippen molar-refractivity contribution in [1.82, 2.24) is 9.21 Å². The fraction of sp³-hybridized carbons (Fsp3) is 0.435. The zero-order valence-corrected chi connectivity index (χ0v) is 16.5. The van der Waals surface area contributed by atoms with Gasteiger partial charge in [0.05, 0.1) is 0 Å². The molecule has 2 aromatic carbocycles. The van der Waals surface area contributed by atoms with Gasteiger partial charge in [-0.2, -0.15) is 0 Å². The number of carbonyl (C=O) groups is 1. The van der Waals surface area contributed by atoms with E-state index in [4.69, 9.17) is 0 Å². The van der Waals surface area contributed by atoms with Gasteiger partial charge in [0, 0.05) is 36.6 Å². The predicted molar refractivity (Wildman–Crippen MR) is 110 cm³/mol. The molecule has 2 fully saturated rings. The lowest BCUT2D eigenvalue weighted by Crippen LogP contribution is -2.36. The van der Waals surface area contributed by atoms with Gasteiger partial charge in [0.25, 0.3) is 5.91 Å². The summed E-state index contributed by atoms with van der Waals surface area (Å²) in [6.45, 7) is 3.98. The maximum absolute atomic E-state index is 12.8. The van der Waals surface area contributed by atoms with Gasteiger partial charge in [-0.15, -0.1) is 0 Å². The van der Waals surface area contributed by atoms with Crippen LogP contribution in [-0.4, -0.2) is 34.7 Å². The van der Waals surface area contributed by atoms with Crippen molar-refractivity contribution in [2.75, 3.05) is 19.6 Å². The molecule has 5 rings (SSSR count). The van der Waals surface area contributed by atoms with Gasteiger partial charge in [0.1, 0.15) is 0 Å². The lowest BCUT2D eigenvalue weighted by Gasteiger charge is -2.38. The van der Waals surface area contributed by atoms with Crippen LogP contribution in [0.5, 0.6) is 0 Å². The highest BCUT2D eigenvalue weighted by atomic mass is 32.2. The molecule has 27 heavy (non-hydrogen) atoms. The van der Waals surface area contributed by atoms with E-state index in [0.29, 0.717) is 5.41 Å². The molecule has 4 heteroatoms. The molecular weight excluding hydrogens is 352 g/mol. The maximum Gasteiger partial charge on any atom is 0.254 e. The SMILES string of the molecule is O=C(c1ccccc1)N1CCc2ccc(SN3CCC4(CCC4)C3)cc2C1. The van der Waals surface area contributed by atoms with Crippen LogP contribution in [0.25, 0.3) is 0 Å². The molecule has 140 valence electrons. The Hall–Kier alpha value is -1.78. The second-order valence-electron chi connectivity index (χ2n) is 8.33. The smallest absolute Gasteiger partial charge is 0.254 e. The molecule has 0 unspecified atom stereocenters. The van der Waals surface area contributed by atoms with Crippen LogP contribution in [0.15, 0.2) is 53.4 Å². The largest absolute Gasteiger partial charge is 0.334 e. The third kappa shape index (κ3) is 3.41. The average molecular weight is 379 g/mol. The lowest BCUT2D eigenvalue weighted by atomic mass is 9.68. The van der Waals surface area contributed by atoms with E-state index in [-0.39, 0.29) is 5.91 Å². The Kier molecular flexibility index (Phi) is 4.49. The second-order valence-corrected chi connectivity index (χ2v) is 9.50. The van der Waals surface area contributed by atoms with E-state index >= 15 is 0 Å². The summed E-state index contributed by atoms with van der Waals surface area (Å²) in [5, 5.41) is 0. The summed E-state index contributed by atoms with van der Waals surface area (Å²) in [7, 11) is 0. The van der Waals surface area contributed by atoms with Crippen molar-refractivity contribution >= 4 is 17.9 Å². The molecule has 1 saturated carbocycles. The Bertz CT molecular complexity index is 847. The number of fused-ring (bicyclic) bond motifs is 1. The first kappa shape index (κ1) is 17.3. The Morgan fingerprint density at radius 3 is 2.56 bits per heavy atom. The molecular formula is C23H26N2OS. The molecule has 1 saturated heterocycles. The Morgan fingerprint density at radius 1 is 0.963 bits per heavy atom. The number of hydrogen-bond acceptors (Lipinski definition) is 3. The highest BCUT2D eigenvalue weighted by Crippen LogP contribution is 2.50. The first-order valence-corrected chi connectivity index (χ1v) is 10.9. The van der Waals surface area contributed by atoms with E-state index in [0.717, 1.165) is 25.1 Å². The zero-order chi connectivity index (χ0) is 18.3. The summed E-state index contributed by atoms with van der Waals surface area (Å²) in [6, 6.07) is 16.5. The Balaban J connectivity index is 1.28. The first-order valence-electron chi connectivity index (χ1n) is 10.1. The number of hydrogen-bond donors (Lipinski definition) is 0. The molecule has 0 N–H and O–H groups in total. The number of amides is 1. The summed E-state index contributed by atoms with van der Waals surface area (Å²) in [5.74, 6) is 0.144. The van der Waals surface area contributed by atoms with E-state index in [2.05, 4.69) is 22.5 Å². The summed E-state index contributed by atoms with van der Waals surface area (Å²) in [4.78, 5) is 16.1. The van der Waals surface area contributed by atoms with Crippen LogP contribution in [0.3, 0.4) is 0 Å². The first-order chi connectivity index (χ1) is 13.2. The highest BCUT2D eigenvalue weighted by molar-refractivity contribution is 7.97. The number of rotatable bonds is 3. The van der Waals surface area contributed by atoms with E-state index < -0.39 is 0 Å². The van der Waals surface area contributed by atoms with E-state index in [1.165, 1.54) is 54.8 Å². The molecule has 1 amide bonds. The Labute approximate surface area is 165 Å². The molecule has 3 aliphatic rings. The standard InChI is InChI=1S/C23H26N2OS/c26-22(19-5-2-1-3-6-19)24-13-9-18-7-8-21(15-20(18)16-24)27-25-14-12-23(17-25)10-4-11-23/h1-3,5-8,15H,4,9-14,16-17H2. The summed E-state index contributed by atoms with van der Waals surface area (Å²) < 4.78 is 2.55. The van der Waals surface area contributed by atoms with Crippen molar-refractivity contribution in [1.29, 1.82) is 0 Å². The van der Waals surface area contributed by atoms with Gasteiger partial charge in [-0.1, -0.05) is 30.7 Å². The summed E-state index contributed by atoms with van der Waals surface area (Å²) >= 11 is 1.91. The van der Waals surface area contributed by atoms with Gasteiger partial charge in [-0.05, 0) is 78.4 Å². The second kappa shape index (κ2) is 6.99. The van der Waals surface area contributed by atoms with Crippen LogP contribution in [0.2, 0.25) is 0 Å². The third-order valence-corrected chi connectivity index (χ3v) is 7.58.